The van der Waals surface area contributed by atoms with Crippen LogP contribution in [0.3, 0.4) is 0 Å². The lowest BCUT2D eigenvalue weighted by molar-refractivity contribution is 0.0995. The molecule has 5 heteroatoms. The molecule has 1 atom stereocenters. The Balaban J connectivity index is 3.19. The molecule has 0 saturated carbocycles. The summed E-state index contributed by atoms with van der Waals surface area (Å²) in [6, 6.07) is 1.84. The SMILES string of the molecule is CC(Br)C(=O)c1cc(F)c(Cl)c(F)c1. The Morgan fingerprint density at radius 2 is 1.86 bits per heavy atom. The van der Waals surface area contributed by atoms with Gasteiger partial charge in [-0.1, -0.05) is 27.5 Å². The fourth-order valence-corrected chi connectivity index (χ4v) is 1.30. The zero-order chi connectivity index (χ0) is 10.9. The number of Topliss-reactive ketones (excluding diaryl/α,β-unsaturated/α-hetero) is 1. The van der Waals surface area contributed by atoms with E-state index in [2.05, 4.69) is 15.9 Å². The molecular weight excluding hydrogens is 277 g/mol. The molecule has 0 aliphatic carbocycles. The first kappa shape index (κ1) is 11.6. The quantitative estimate of drug-likeness (QED) is 0.460. The van der Waals surface area contributed by atoms with Gasteiger partial charge in [0.15, 0.2) is 5.78 Å². The number of carbonyl (C=O) groups is 1. The fraction of sp³-hybridized carbons (Fsp3) is 0.222. The van der Waals surface area contributed by atoms with Crippen molar-refractivity contribution in [3.05, 3.63) is 34.4 Å². The minimum Gasteiger partial charge on any atom is -0.293 e. The lowest BCUT2D eigenvalue weighted by Crippen LogP contribution is -2.10. The van der Waals surface area contributed by atoms with Gasteiger partial charge in [0, 0.05) is 5.56 Å². The summed E-state index contributed by atoms with van der Waals surface area (Å²) in [5, 5.41) is -0.594. The molecule has 14 heavy (non-hydrogen) atoms. The maximum atomic E-state index is 12.9. The number of benzene rings is 1. The smallest absolute Gasteiger partial charge is 0.176 e. The van der Waals surface area contributed by atoms with E-state index in [-0.39, 0.29) is 11.3 Å². The second kappa shape index (κ2) is 4.36. The van der Waals surface area contributed by atoms with Gasteiger partial charge < -0.3 is 0 Å². The molecule has 1 aromatic carbocycles. The van der Waals surface area contributed by atoms with Crippen LogP contribution in [-0.2, 0) is 0 Å². The molecule has 0 bridgehead atoms. The zero-order valence-corrected chi connectivity index (χ0v) is 9.49. The Bertz CT molecular complexity index is 356. The molecule has 1 aromatic rings. The highest BCUT2D eigenvalue weighted by Gasteiger charge is 2.16. The summed E-state index contributed by atoms with van der Waals surface area (Å²) in [5.74, 6) is -2.24. The molecule has 0 aliphatic rings. The number of hydrogen-bond acceptors (Lipinski definition) is 1. The molecular formula is C9H6BrClF2O. The van der Waals surface area contributed by atoms with E-state index in [0.29, 0.717) is 0 Å². The van der Waals surface area contributed by atoms with Crippen molar-refractivity contribution in [1.29, 1.82) is 0 Å². The molecule has 0 spiro atoms. The molecule has 0 radical (unpaired) electrons. The topological polar surface area (TPSA) is 17.1 Å². The van der Waals surface area contributed by atoms with Gasteiger partial charge in [0.1, 0.15) is 16.7 Å². The van der Waals surface area contributed by atoms with Crippen molar-refractivity contribution in [3.8, 4) is 0 Å². The van der Waals surface area contributed by atoms with Gasteiger partial charge in [0.05, 0.1) is 4.83 Å². The molecule has 0 saturated heterocycles. The molecule has 0 amide bonds. The van der Waals surface area contributed by atoms with Crippen molar-refractivity contribution < 1.29 is 13.6 Å². The maximum absolute atomic E-state index is 12.9. The summed E-state index contributed by atoms with van der Waals surface area (Å²) in [5.41, 5.74) is -0.0335. The molecule has 0 aliphatic heterocycles. The Hall–Kier alpha value is -0.480. The van der Waals surface area contributed by atoms with E-state index in [1.54, 1.807) is 6.92 Å². The van der Waals surface area contributed by atoms with Crippen LogP contribution in [0.2, 0.25) is 5.02 Å². The first-order chi connectivity index (χ1) is 6.43. The summed E-state index contributed by atoms with van der Waals surface area (Å²) in [6.45, 7) is 1.58. The monoisotopic (exact) mass is 282 g/mol. The molecule has 1 nitrogen and oxygen atoms in total. The number of alkyl halides is 1. The second-order valence-corrected chi connectivity index (χ2v) is 4.49. The summed E-state index contributed by atoms with van der Waals surface area (Å²) >= 11 is 8.28. The first-order valence-corrected chi connectivity index (χ1v) is 5.05. The molecule has 0 aromatic heterocycles. The Morgan fingerprint density at radius 3 is 2.21 bits per heavy atom. The Labute approximate surface area is 93.2 Å². The van der Waals surface area contributed by atoms with E-state index in [0.717, 1.165) is 12.1 Å². The largest absolute Gasteiger partial charge is 0.293 e. The third-order valence-corrected chi connectivity index (χ3v) is 2.41. The molecule has 0 N–H and O–H groups in total. The van der Waals surface area contributed by atoms with Crippen LogP contribution in [-0.4, -0.2) is 10.6 Å². The van der Waals surface area contributed by atoms with Crippen molar-refractivity contribution in [2.24, 2.45) is 0 Å². The normalized spacial score (nSPS) is 12.6. The molecule has 0 fully saturated rings. The van der Waals surface area contributed by atoms with E-state index >= 15 is 0 Å². The van der Waals surface area contributed by atoms with Crippen LogP contribution in [0.1, 0.15) is 17.3 Å². The standard InChI is InChI=1S/C9H6BrClF2O/c1-4(10)9(14)5-2-6(12)8(11)7(13)3-5/h2-4H,1H3. The number of rotatable bonds is 2. The first-order valence-electron chi connectivity index (χ1n) is 3.76. The number of halogens is 4. The van der Waals surface area contributed by atoms with E-state index in [1.165, 1.54) is 0 Å². The van der Waals surface area contributed by atoms with Gasteiger partial charge >= 0.3 is 0 Å². The Morgan fingerprint density at radius 1 is 1.43 bits per heavy atom. The summed E-state index contributed by atoms with van der Waals surface area (Å²) in [6.07, 6.45) is 0. The van der Waals surface area contributed by atoms with Gasteiger partial charge in [-0.05, 0) is 19.1 Å². The minimum absolute atomic E-state index is 0.0335. The summed E-state index contributed by atoms with van der Waals surface area (Å²) in [4.78, 5) is 10.9. The fourth-order valence-electron chi connectivity index (χ4n) is 0.927. The van der Waals surface area contributed by atoms with E-state index in [9.17, 15) is 13.6 Å². The van der Waals surface area contributed by atoms with Gasteiger partial charge in [-0.15, -0.1) is 0 Å². The van der Waals surface area contributed by atoms with Gasteiger partial charge in [-0.2, -0.15) is 0 Å². The lowest BCUT2D eigenvalue weighted by Gasteiger charge is -2.04. The van der Waals surface area contributed by atoms with Crippen LogP contribution in [0.5, 0.6) is 0 Å². The number of hydrogen-bond donors (Lipinski definition) is 0. The van der Waals surface area contributed by atoms with Crippen molar-refractivity contribution in [2.75, 3.05) is 0 Å². The Kier molecular flexibility index (Phi) is 3.61. The minimum atomic E-state index is -0.928. The van der Waals surface area contributed by atoms with Crippen LogP contribution in [0.25, 0.3) is 0 Å². The zero-order valence-electron chi connectivity index (χ0n) is 7.15. The van der Waals surface area contributed by atoms with E-state index in [1.807, 2.05) is 0 Å². The average molecular weight is 283 g/mol. The summed E-state index contributed by atoms with van der Waals surface area (Å²) in [7, 11) is 0. The lowest BCUT2D eigenvalue weighted by atomic mass is 10.1. The average Bonchev–Trinajstić information content (AvgIpc) is 2.12. The predicted octanol–water partition coefficient (Wildman–Crippen LogP) is 3.58. The van der Waals surface area contributed by atoms with Gasteiger partial charge in [0.25, 0.3) is 0 Å². The number of carbonyl (C=O) groups excluding carboxylic acids is 1. The van der Waals surface area contributed by atoms with Gasteiger partial charge in [-0.25, -0.2) is 8.78 Å². The van der Waals surface area contributed by atoms with E-state index < -0.39 is 21.5 Å². The third kappa shape index (κ3) is 2.30. The van der Waals surface area contributed by atoms with Gasteiger partial charge in [-0.3, -0.25) is 4.79 Å². The third-order valence-electron chi connectivity index (χ3n) is 1.63. The van der Waals surface area contributed by atoms with Crippen LogP contribution in [0, 0.1) is 11.6 Å². The van der Waals surface area contributed by atoms with Crippen LogP contribution in [0.4, 0.5) is 8.78 Å². The molecule has 1 unspecified atom stereocenters. The molecule has 1 rings (SSSR count). The second-order valence-electron chi connectivity index (χ2n) is 2.73. The van der Waals surface area contributed by atoms with Crippen molar-refractivity contribution in [3.63, 3.8) is 0 Å². The van der Waals surface area contributed by atoms with Crippen molar-refractivity contribution in [1.82, 2.24) is 0 Å². The van der Waals surface area contributed by atoms with Crippen molar-refractivity contribution >= 4 is 33.3 Å². The van der Waals surface area contributed by atoms with Gasteiger partial charge in [0.2, 0.25) is 0 Å². The van der Waals surface area contributed by atoms with Crippen LogP contribution < -0.4 is 0 Å². The van der Waals surface area contributed by atoms with Crippen molar-refractivity contribution in [2.45, 2.75) is 11.8 Å². The highest BCUT2D eigenvalue weighted by Crippen LogP contribution is 2.22. The van der Waals surface area contributed by atoms with Crippen LogP contribution in [0.15, 0.2) is 12.1 Å². The summed E-state index contributed by atoms with van der Waals surface area (Å²) < 4.78 is 25.8. The number of ketones is 1. The van der Waals surface area contributed by atoms with Crippen LogP contribution >= 0.6 is 27.5 Å². The maximum Gasteiger partial charge on any atom is 0.176 e. The molecule has 0 heterocycles. The highest BCUT2D eigenvalue weighted by atomic mass is 79.9. The highest BCUT2D eigenvalue weighted by molar-refractivity contribution is 9.10. The van der Waals surface area contributed by atoms with E-state index in [4.69, 9.17) is 11.6 Å². The molecule has 76 valence electrons. The predicted molar refractivity (Wildman–Crippen MR) is 54.1 cm³/mol.